The average molecular weight is 579 g/mol. The van der Waals surface area contributed by atoms with Gasteiger partial charge < -0.3 is 9.80 Å². The second-order valence-electron chi connectivity index (χ2n) is 11.1. The van der Waals surface area contributed by atoms with Crippen LogP contribution in [-0.4, -0.2) is 0 Å². The van der Waals surface area contributed by atoms with E-state index >= 15 is 0 Å². The Morgan fingerprint density at radius 1 is 0.311 bits per heavy atom. The summed E-state index contributed by atoms with van der Waals surface area (Å²) in [5.41, 5.74) is 12.5. The molecule has 45 heavy (non-hydrogen) atoms. The Hall–Kier alpha value is -5.86. The summed E-state index contributed by atoms with van der Waals surface area (Å²) >= 11 is 0. The third kappa shape index (κ3) is 5.87. The molecule has 216 valence electrons. The van der Waals surface area contributed by atoms with Crippen LogP contribution in [0.4, 0.5) is 34.1 Å². The second kappa shape index (κ2) is 12.8. The normalized spacial score (nSPS) is 10.8. The van der Waals surface area contributed by atoms with Crippen LogP contribution in [-0.2, 0) is 0 Å². The van der Waals surface area contributed by atoms with Crippen LogP contribution < -0.4 is 9.80 Å². The summed E-state index contributed by atoms with van der Waals surface area (Å²) in [5, 5.41) is 0. The smallest absolute Gasteiger partial charge is 0.0563 e. The SMILES string of the molecule is Cc1cc(N(c2ccccc2)c2ccccc2)c(-c2ccccc2)c(N(c2ccccc2)c2ccc(-c3ccccc3)cc2)c1. The summed E-state index contributed by atoms with van der Waals surface area (Å²) in [6, 6.07) is 66.8. The Morgan fingerprint density at radius 2 is 0.622 bits per heavy atom. The molecule has 0 atom stereocenters. The molecule has 0 radical (unpaired) electrons. The maximum atomic E-state index is 2.39. The molecule has 7 aromatic carbocycles. The molecule has 2 nitrogen and oxygen atoms in total. The largest absolute Gasteiger partial charge is 0.310 e. The standard InChI is InChI=1S/C43H34N2/c1-33-31-41(44(37-21-11-4-12-22-37)38-23-13-5-14-24-38)43(36-19-9-3-10-20-36)42(32-33)45(39-25-15-6-16-26-39)40-29-27-35(28-30-40)34-17-7-2-8-18-34/h2-32H,1H3. The van der Waals surface area contributed by atoms with Crippen molar-refractivity contribution in [3.05, 3.63) is 194 Å². The van der Waals surface area contributed by atoms with Crippen molar-refractivity contribution in [1.29, 1.82) is 0 Å². The van der Waals surface area contributed by atoms with Gasteiger partial charge in [-0.1, -0.05) is 127 Å². The minimum absolute atomic E-state index is 1.10. The van der Waals surface area contributed by atoms with Crippen LogP contribution in [0.15, 0.2) is 188 Å². The molecule has 0 spiro atoms. The first kappa shape index (κ1) is 27.9. The molecule has 0 amide bonds. The first-order chi connectivity index (χ1) is 22.3. The van der Waals surface area contributed by atoms with E-state index in [1.165, 1.54) is 16.7 Å². The third-order valence-corrected chi connectivity index (χ3v) is 8.06. The highest BCUT2D eigenvalue weighted by atomic mass is 15.2. The number of rotatable bonds is 8. The summed E-state index contributed by atoms with van der Waals surface area (Å²) < 4.78 is 0. The molecule has 0 N–H and O–H groups in total. The van der Waals surface area contributed by atoms with Crippen LogP contribution in [0, 0.1) is 6.92 Å². The fourth-order valence-corrected chi connectivity index (χ4v) is 6.02. The molecule has 7 aromatic rings. The van der Waals surface area contributed by atoms with E-state index in [-0.39, 0.29) is 0 Å². The van der Waals surface area contributed by atoms with Gasteiger partial charge in [-0.15, -0.1) is 0 Å². The summed E-state index contributed by atoms with van der Waals surface area (Å²) in [4.78, 5) is 4.77. The van der Waals surface area contributed by atoms with Crippen LogP contribution >= 0.6 is 0 Å². The lowest BCUT2D eigenvalue weighted by atomic mass is 9.96. The van der Waals surface area contributed by atoms with Crippen LogP contribution in [0.2, 0.25) is 0 Å². The van der Waals surface area contributed by atoms with Gasteiger partial charge in [0.1, 0.15) is 0 Å². The highest BCUT2D eigenvalue weighted by Crippen LogP contribution is 2.49. The zero-order valence-corrected chi connectivity index (χ0v) is 25.3. The van der Waals surface area contributed by atoms with Gasteiger partial charge in [0.2, 0.25) is 0 Å². The van der Waals surface area contributed by atoms with Crippen molar-refractivity contribution in [2.45, 2.75) is 6.92 Å². The lowest BCUT2D eigenvalue weighted by Crippen LogP contribution is -2.16. The molecular formula is C43H34N2. The molecule has 0 bridgehead atoms. The van der Waals surface area contributed by atoms with Gasteiger partial charge in [-0.2, -0.15) is 0 Å². The number of anilines is 6. The summed E-state index contributed by atoms with van der Waals surface area (Å²) in [6.45, 7) is 2.19. The van der Waals surface area contributed by atoms with E-state index in [0.29, 0.717) is 0 Å². The number of hydrogen-bond acceptors (Lipinski definition) is 2. The second-order valence-corrected chi connectivity index (χ2v) is 11.1. The highest BCUT2D eigenvalue weighted by molar-refractivity contribution is 5.99. The summed E-state index contributed by atoms with van der Waals surface area (Å²) in [7, 11) is 0. The number of nitrogens with zero attached hydrogens (tertiary/aromatic N) is 2. The van der Waals surface area contributed by atoms with Crippen molar-refractivity contribution in [1.82, 2.24) is 0 Å². The van der Waals surface area contributed by atoms with E-state index in [9.17, 15) is 0 Å². The maximum absolute atomic E-state index is 2.39. The van der Waals surface area contributed by atoms with Gasteiger partial charge in [0.15, 0.2) is 0 Å². The Labute approximate surface area is 266 Å². The molecule has 0 aliphatic rings. The van der Waals surface area contributed by atoms with E-state index in [1.54, 1.807) is 0 Å². The molecule has 0 heterocycles. The van der Waals surface area contributed by atoms with E-state index in [2.05, 4.69) is 205 Å². The zero-order chi connectivity index (χ0) is 30.4. The molecule has 0 unspecified atom stereocenters. The molecule has 0 aliphatic heterocycles. The summed E-state index contributed by atoms with van der Waals surface area (Å²) in [6.07, 6.45) is 0. The topological polar surface area (TPSA) is 6.48 Å². The molecule has 0 fully saturated rings. The molecule has 7 rings (SSSR count). The third-order valence-electron chi connectivity index (χ3n) is 8.06. The Balaban J connectivity index is 1.50. The molecule has 0 saturated carbocycles. The first-order valence-electron chi connectivity index (χ1n) is 15.4. The van der Waals surface area contributed by atoms with Crippen molar-refractivity contribution in [2.75, 3.05) is 9.80 Å². The van der Waals surface area contributed by atoms with E-state index < -0.39 is 0 Å². The molecule has 0 saturated heterocycles. The Bertz CT molecular complexity index is 1930. The predicted octanol–water partition coefficient (Wildman–Crippen LogP) is 12.3. The minimum atomic E-state index is 1.10. The van der Waals surface area contributed by atoms with Crippen LogP contribution in [0.3, 0.4) is 0 Å². The van der Waals surface area contributed by atoms with Gasteiger partial charge in [-0.3, -0.25) is 0 Å². The van der Waals surface area contributed by atoms with Crippen LogP contribution in [0.25, 0.3) is 22.3 Å². The number of hydrogen-bond donors (Lipinski definition) is 0. The van der Waals surface area contributed by atoms with Gasteiger partial charge >= 0.3 is 0 Å². The number of benzene rings is 7. The lowest BCUT2D eigenvalue weighted by Gasteiger charge is -2.33. The fourth-order valence-electron chi connectivity index (χ4n) is 6.02. The Morgan fingerprint density at radius 3 is 1.02 bits per heavy atom. The van der Waals surface area contributed by atoms with Crippen LogP contribution in [0.5, 0.6) is 0 Å². The van der Waals surface area contributed by atoms with Gasteiger partial charge in [0, 0.05) is 28.3 Å². The highest BCUT2D eigenvalue weighted by Gasteiger charge is 2.24. The average Bonchev–Trinajstić information content (AvgIpc) is 3.11. The predicted molar refractivity (Wildman–Crippen MR) is 191 cm³/mol. The van der Waals surface area contributed by atoms with Gasteiger partial charge in [0.25, 0.3) is 0 Å². The van der Waals surface area contributed by atoms with Gasteiger partial charge in [-0.05, 0) is 89.8 Å². The van der Waals surface area contributed by atoms with Crippen LogP contribution in [0.1, 0.15) is 5.56 Å². The fraction of sp³-hybridized carbons (Fsp3) is 0.0233. The van der Waals surface area contributed by atoms with Crippen molar-refractivity contribution >= 4 is 34.1 Å². The van der Waals surface area contributed by atoms with E-state index in [4.69, 9.17) is 0 Å². The first-order valence-corrected chi connectivity index (χ1v) is 15.4. The minimum Gasteiger partial charge on any atom is -0.310 e. The van der Waals surface area contributed by atoms with Crippen molar-refractivity contribution < 1.29 is 0 Å². The van der Waals surface area contributed by atoms with Gasteiger partial charge in [0.05, 0.1) is 11.4 Å². The van der Waals surface area contributed by atoms with Crippen molar-refractivity contribution in [3.63, 3.8) is 0 Å². The van der Waals surface area contributed by atoms with Crippen molar-refractivity contribution in [3.8, 4) is 22.3 Å². The zero-order valence-electron chi connectivity index (χ0n) is 25.3. The molecule has 0 aromatic heterocycles. The lowest BCUT2D eigenvalue weighted by molar-refractivity contribution is 1.23. The number of aryl methyl sites for hydroxylation is 1. The quantitative estimate of drug-likeness (QED) is 0.177. The number of para-hydroxylation sites is 3. The summed E-state index contributed by atoms with van der Waals surface area (Å²) in [5.74, 6) is 0. The monoisotopic (exact) mass is 578 g/mol. The maximum Gasteiger partial charge on any atom is 0.0563 e. The Kier molecular flexibility index (Phi) is 7.94. The molecular weight excluding hydrogens is 544 g/mol. The van der Waals surface area contributed by atoms with Crippen molar-refractivity contribution in [2.24, 2.45) is 0 Å². The van der Waals surface area contributed by atoms with E-state index in [0.717, 1.165) is 45.3 Å². The molecule has 0 aliphatic carbocycles. The van der Waals surface area contributed by atoms with Gasteiger partial charge in [-0.25, -0.2) is 0 Å². The van der Waals surface area contributed by atoms with E-state index in [1.807, 2.05) is 0 Å². The molecule has 2 heteroatoms.